The molecule has 0 saturated carbocycles. The Morgan fingerprint density at radius 1 is 1.04 bits per heavy atom. The van der Waals surface area contributed by atoms with E-state index in [2.05, 4.69) is 20.5 Å². The van der Waals surface area contributed by atoms with Gasteiger partial charge in [-0.25, -0.2) is 0 Å². The molecule has 4 N–H and O–H groups in total. The van der Waals surface area contributed by atoms with Crippen LogP contribution in [0.25, 0.3) is 0 Å². The van der Waals surface area contributed by atoms with Gasteiger partial charge in [0.05, 0.1) is 16.9 Å². The van der Waals surface area contributed by atoms with E-state index in [9.17, 15) is 9.59 Å². The van der Waals surface area contributed by atoms with Gasteiger partial charge >= 0.3 is 0 Å². The predicted molar refractivity (Wildman–Crippen MR) is 110 cm³/mol. The molecule has 0 aliphatic carbocycles. The molecule has 0 unspecified atom stereocenters. The molecule has 2 amide bonds. The first kappa shape index (κ1) is 19.8. The number of nitrogens with one attached hydrogen (secondary N) is 2. The number of carbonyl (C=O) groups is 2. The van der Waals surface area contributed by atoms with Gasteiger partial charge in [0.2, 0.25) is 0 Å². The smallest absolute Gasteiger partial charge is 0.274 e. The van der Waals surface area contributed by atoms with E-state index >= 15 is 0 Å². The number of hydrogen-bond donors (Lipinski definition) is 3. The van der Waals surface area contributed by atoms with Crippen molar-refractivity contribution in [3.63, 3.8) is 0 Å². The second kappa shape index (κ2) is 9.85. The Kier molecular flexibility index (Phi) is 6.97. The van der Waals surface area contributed by atoms with Crippen LogP contribution in [0.2, 0.25) is 0 Å². The number of para-hydroxylation sites is 2. The fourth-order valence-electron chi connectivity index (χ4n) is 3.23. The van der Waals surface area contributed by atoms with Gasteiger partial charge in [-0.05, 0) is 69.6 Å². The lowest BCUT2D eigenvalue weighted by Gasteiger charge is -2.14. The number of carbonyl (C=O) groups excluding carboxylic acids is 2. The van der Waals surface area contributed by atoms with Crippen molar-refractivity contribution in [3.05, 3.63) is 53.9 Å². The summed E-state index contributed by atoms with van der Waals surface area (Å²) in [4.78, 5) is 31.0. The summed E-state index contributed by atoms with van der Waals surface area (Å²) in [5, 5.41) is 5.62. The summed E-state index contributed by atoms with van der Waals surface area (Å²) in [6.07, 6.45) is 6.06. The number of benzene rings is 1. The maximum Gasteiger partial charge on any atom is 0.274 e. The molecule has 1 saturated heterocycles. The summed E-state index contributed by atoms with van der Waals surface area (Å²) in [6.45, 7) is 4.15. The number of nitrogens with zero attached hydrogens (tertiary/aromatic N) is 2. The van der Waals surface area contributed by atoms with Crippen molar-refractivity contribution in [2.24, 2.45) is 0 Å². The number of nitrogen functional groups attached to an aromatic ring is 1. The highest BCUT2D eigenvalue weighted by Gasteiger charge is 2.12. The highest BCUT2D eigenvalue weighted by Crippen LogP contribution is 2.17. The van der Waals surface area contributed by atoms with E-state index in [0.29, 0.717) is 23.5 Å². The number of likely N-dealkylation sites (tertiary alicyclic amines) is 1. The minimum atomic E-state index is -0.369. The lowest BCUT2D eigenvalue weighted by atomic mass is 10.2. The van der Waals surface area contributed by atoms with Crippen LogP contribution in [0.4, 0.5) is 11.4 Å². The van der Waals surface area contributed by atoms with Gasteiger partial charge < -0.3 is 21.3 Å². The van der Waals surface area contributed by atoms with Crippen molar-refractivity contribution in [1.82, 2.24) is 15.2 Å². The van der Waals surface area contributed by atoms with Gasteiger partial charge in [-0.3, -0.25) is 14.6 Å². The monoisotopic (exact) mass is 381 g/mol. The van der Waals surface area contributed by atoms with Gasteiger partial charge in [-0.15, -0.1) is 0 Å². The molecular weight excluding hydrogens is 354 g/mol. The molecule has 2 aromatic rings. The van der Waals surface area contributed by atoms with Crippen LogP contribution in [0, 0.1) is 0 Å². The minimum Gasteiger partial charge on any atom is -0.397 e. The lowest BCUT2D eigenvalue weighted by molar-refractivity contribution is 0.0950. The van der Waals surface area contributed by atoms with Gasteiger partial charge in [-0.1, -0.05) is 12.1 Å². The quantitative estimate of drug-likeness (QED) is 0.482. The van der Waals surface area contributed by atoms with Crippen LogP contribution in [0.15, 0.2) is 42.6 Å². The molecule has 7 nitrogen and oxygen atoms in total. The van der Waals surface area contributed by atoms with E-state index in [0.717, 1.165) is 19.4 Å². The fourth-order valence-corrected chi connectivity index (χ4v) is 3.23. The molecule has 0 atom stereocenters. The van der Waals surface area contributed by atoms with Crippen molar-refractivity contribution >= 4 is 23.2 Å². The number of amides is 2. The molecule has 1 aromatic heterocycles. The van der Waals surface area contributed by atoms with E-state index in [1.54, 1.807) is 30.3 Å². The van der Waals surface area contributed by atoms with Gasteiger partial charge in [0.15, 0.2) is 0 Å². The van der Waals surface area contributed by atoms with E-state index < -0.39 is 0 Å². The SMILES string of the molecule is Nc1ccccc1NC(=O)c1ccc(C(=O)NCCCCN2CCCC2)cn1. The molecule has 3 rings (SSSR count). The van der Waals surface area contributed by atoms with Gasteiger partial charge in [0.1, 0.15) is 5.69 Å². The van der Waals surface area contributed by atoms with Crippen molar-refractivity contribution in [2.75, 3.05) is 37.2 Å². The zero-order valence-electron chi connectivity index (χ0n) is 16.0. The minimum absolute atomic E-state index is 0.173. The third-order valence-electron chi connectivity index (χ3n) is 4.85. The van der Waals surface area contributed by atoms with Crippen LogP contribution in [-0.4, -0.2) is 47.9 Å². The van der Waals surface area contributed by atoms with E-state index in [1.807, 2.05) is 0 Å². The predicted octanol–water partition coefficient (Wildman–Crippen LogP) is 2.52. The maximum atomic E-state index is 12.3. The summed E-state index contributed by atoms with van der Waals surface area (Å²) < 4.78 is 0. The first-order chi connectivity index (χ1) is 13.6. The molecule has 2 heterocycles. The maximum absolute atomic E-state index is 12.3. The van der Waals surface area contributed by atoms with E-state index in [-0.39, 0.29) is 17.5 Å². The van der Waals surface area contributed by atoms with Gasteiger partial charge in [0, 0.05) is 12.7 Å². The van der Waals surface area contributed by atoms with Crippen molar-refractivity contribution in [1.29, 1.82) is 0 Å². The fraction of sp³-hybridized carbons (Fsp3) is 0.381. The summed E-state index contributed by atoms with van der Waals surface area (Å²) in [5.74, 6) is -0.542. The Morgan fingerprint density at radius 2 is 1.82 bits per heavy atom. The van der Waals surface area contributed by atoms with Crippen LogP contribution in [0.5, 0.6) is 0 Å². The third-order valence-corrected chi connectivity index (χ3v) is 4.85. The van der Waals surface area contributed by atoms with Crippen molar-refractivity contribution < 1.29 is 9.59 Å². The Bertz CT molecular complexity index is 801. The molecule has 1 fully saturated rings. The highest BCUT2D eigenvalue weighted by molar-refractivity contribution is 6.04. The highest BCUT2D eigenvalue weighted by atomic mass is 16.2. The largest absolute Gasteiger partial charge is 0.397 e. The number of hydrogen-bond acceptors (Lipinski definition) is 5. The molecule has 28 heavy (non-hydrogen) atoms. The average molecular weight is 381 g/mol. The molecule has 1 aromatic carbocycles. The summed E-state index contributed by atoms with van der Waals surface area (Å²) in [5.41, 5.74) is 7.51. The lowest BCUT2D eigenvalue weighted by Crippen LogP contribution is -2.26. The number of anilines is 2. The second-order valence-corrected chi connectivity index (χ2v) is 6.99. The number of aromatic nitrogens is 1. The summed E-state index contributed by atoms with van der Waals surface area (Å²) >= 11 is 0. The average Bonchev–Trinajstić information content (AvgIpc) is 3.23. The number of pyridine rings is 1. The molecule has 1 aliphatic rings. The van der Waals surface area contributed by atoms with Crippen LogP contribution >= 0.6 is 0 Å². The Labute approximate surface area is 165 Å². The molecule has 0 bridgehead atoms. The second-order valence-electron chi connectivity index (χ2n) is 6.99. The first-order valence-electron chi connectivity index (χ1n) is 9.76. The molecule has 1 aliphatic heterocycles. The standard InChI is InChI=1S/C21H27N5O2/c22-17-7-1-2-8-18(17)25-21(28)19-10-9-16(15-24-19)20(27)23-11-3-4-12-26-13-5-6-14-26/h1-2,7-10,15H,3-6,11-14,22H2,(H,23,27)(H,25,28). The molecule has 7 heteroatoms. The first-order valence-corrected chi connectivity index (χ1v) is 9.76. The van der Waals surface area contributed by atoms with Crippen molar-refractivity contribution in [2.45, 2.75) is 25.7 Å². The topological polar surface area (TPSA) is 100 Å². The van der Waals surface area contributed by atoms with E-state index in [1.165, 1.54) is 38.2 Å². The van der Waals surface area contributed by atoms with E-state index in [4.69, 9.17) is 5.73 Å². The number of nitrogens with two attached hydrogens (primary N) is 1. The van der Waals surface area contributed by atoms with Crippen LogP contribution in [-0.2, 0) is 0 Å². The Hall–Kier alpha value is -2.93. The molecule has 0 radical (unpaired) electrons. The zero-order valence-corrected chi connectivity index (χ0v) is 16.0. The van der Waals surface area contributed by atoms with Gasteiger partial charge in [-0.2, -0.15) is 0 Å². The summed E-state index contributed by atoms with van der Waals surface area (Å²) in [7, 11) is 0. The molecule has 148 valence electrons. The van der Waals surface area contributed by atoms with Crippen LogP contribution in [0.3, 0.4) is 0 Å². The van der Waals surface area contributed by atoms with Crippen LogP contribution in [0.1, 0.15) is 46.5 Å². The zero-order chi connectivity index (χ0) is 19.8. The normalized spacial score (nSPS) is 14.0. The Balaban J connectivity index is 1.43. The molecular formula is C21H27N5O2. The number of rotatable bonds is 8. The Morgan fingerprint density at radius 3 is 2.54 bits per heavy atom. The van der Waals surface area contributed by atoms with Gasteiger partial charge in [0.25, 0.3) is 11.8 Å². The number of unbranched alkanes of at least 4 members (excludes halogenated alkanes) is 1. The molecule has 0 spiro atoms. The van der Waals surface area contributed by atoms with Crippen molar-refractivity contribution in [3.8, 4) is 0 Å². The van der Waals surface area contributed by atoms with Crippen LogP contribution < -0.4 is 16.4 Å². The third kappa shape index (κ3) is 5.53. The summed E-state index contributed by atoms with van der Waals surface area (Å²) in [6, 6.07) is 10.2.